The van der Waals surface area contributed by atoms with E-state index in [1.165, 1.54) is 22.5 Å². The van der Waals surface area contributed by atoms with Crippen LogP contribution >= 0.6 is 11.6 Å². The van der Waals surface area contributed by atoms with Gasteiger partial charge in [-0.25, -0.2) is 8.42 Å². The molecule has 2 N–H and O–H groups in total. The van der Waals surface area contributed by atoms with Gasteiger partial charge in [-0.3, -0.25) is 0 Å². The highest BCUT2D eigenvalue weighted by atomic mass is 35.5. The van der Waals surface area contributed by atoms with Gasteiger partial charge in [-0.05, 0) is 37.9 Å². The van der Waals surface area contributed by atoms with Crippen molar-refractivity contribution in [2.75, 3.05) is 33.4 Å². The second-order valence-corrected chi connectivity index (χ2v) is 8.30. The number of nitrogens with zero attached hydrogens (tertiary/aromatic N) is 2. The first-order chi connectivity index (χ1) is 11.2. The van der Waals surface area contributed by atoms with E-state index in [4.69, 9.17) is 17.3 Å². The lowest BCUT2D eigenvalue weighted by atomic mass is 10.1. The summed E-state index contributed by atoms with van der Waals surface area (Å²) in [5.74, 6) is 0. The second-order valence-electron chi connectivity index (χ2n) is 5.89. The fourth-order valence-electron chi connectivity index (χ4n) is 2.47. The molecule has 0 bridgehead atoms. The molecule has 130 valence electrons. The third-order valence-corrected chi connectivity index (χ3v) is 6.01. The van der Waals surface area contributed by atoms with Crippen molar-refractivity contribution in [1.29, 1.82) is 0 Å². The molecule has 0 aliphatic heterocycles. The van der Waals surface area contributed by atoms with Crippen molar-refractivity contribution < 1.29 is 8.42 Å². The molecular formula is C17H22ClN3O2S. The average Bonchev–Trinajstić information content (AvgIpc) is 2.55. The Balaban J connectivity index is 2.44. The Morgan fingerprint density at radius 3 is 2.25 bits per heavy atom. The molecule has 24 heavy (non-hydrogen) atoms. The predicted molar refractivity (Wildman–Crippen MR) is 98.6 cm³/mol. The summed E-state index contributed by atoms with van der Waals surface area (Å²) in [4.78, 5) is 2.09. The van der Waals surface area contributed by atoms with Gasteiger partial charge in [-0.15, -0.1) is 0 Å². The van der Waals surface area contributed by atoms with Crippen molar-refractivity contribution in [3.63, 3.8) is 0 Å². The Hall–Kier alpha value is -1.60. The van der Waals surface area contributed by atoms with Gasteiger partial charge in [0.05, 0.1) is 21.6 Å². The number of nitrogens with two attached hydrogens (primary N) is 1. The van der Waals surface area contributed by atoms with Crippen molar-refractivity contribution in [3.8, 4) is 0 Å². The van der Waals surface area contributed by atoms with Gasteiger partial charge < -0.3 is 10.6 Å². The van der Waals surface area contributed by atoms with Crippen molar-refractivity contribution in [2.24, 2.45) is 0 Å². The van der Waals surface area contributed by atoms with E-state index < -0.39 is 10.0 Å². The smallest absolute Gasteiger partial charge is 0.243 e. The summed E-state index contributed by atoms with van der Waals surface area (Å²) in [6.45, 7) is 0.558. The van der Waals surface area contributed by atoms with Gasteiger partial charge >= 0.3 is 0 Å². The van der Waals surface area contributed by atoms with Gasteiger partial charge in [-0.2, -0.15) is 4.31 Å². The van der Waals surface area contributed by atoms with Crippen molar-refractivity contribution in [3.05, 3.63) is 59.1 Å². The lowest BCUT2D eigenvalue weighted by molar-refractivity contribution is 0.280. The number of hydrogen-bond acceptors (Lipinski definition) is 4. The number of benzene rings is 2. The minimum absolute atomic E-state index is 0.131. The van der Waals surface area contributed by atoms with Crippen LogP contribution in [0.3, 0.4) is 0 Å². The summed E-state index contributed by atoms with van der Waals surface area (Å²) in [7, 11) is 1.71. The van der Waals surface area contributed by atoms with Gasteiger partial charge in [0, 0.05) is 13.6 Å². The molecule has 2 rings (SSSR count). The van der Waals surface area contributed by atoms with Gasteiger partial charge in [0.1, 0.15) is 0 Å². The minimum atomic E-state index is -3.70. The summed E-state index contributed by atoms with van der Waals surface area (Å²) in [5.41, 5.74) is 6.94. The van der Waals surface area contributed by atoms with E-state index in [1.54, 1.807) is 7.05 Å². The van der Waals surface area contributed by atoms with Gasteiger partial charge in [0.25, 0.3) is 0 Å². The highest BCUT2D eigenvalue weighted by Crippen LogP contribution is 2.29. The quantitative estimate of drug-likeness (QED) is 0.797. The Bertz CT molecular complexity index is 795. The molecule has 1 atom stereocenters. The topological polar surface area (TPSA) is 66.6 Å². The first-order valence-electron chi connectivity index (χ1n) is 7.46. The average molecular weight is 368 g/mol. The maximum absolute atomic E-state index is 13.0. The maximum atomic E-state index is 13.0. The first kappa shape index (κ1) is 18.7. The molecule has 2 aromatic carbocycles. The SMILES string of the molecule is CN(C)CC(c1ccccc1)N(C)S(=O)(=O)c1ccc(Cl)c(N)c1. The van der Waals surface area contributed by atoms with Gasteiger partial charge in [-0.1, -0.05) is 41.9 Å². The Labute approximate surface area is 148 Å². The monoisotopic (exact) mass is 367 g/mol. The van der Waals surface area contributed by atoms with Crippen LogP contribution in [0.25, 0.3) is 0 Å². The van der Waals surface area contributed by atoms with Crippen LogP contribution in [0, 0.1) is 0 Å². The molecule has 0 aliphatic carbocycles. The second kappa shape index (κ2) is 7.53. The van der Waals surface area contributed by atoms with Crippen molar-refractivity contribution >= 4 is 27.3 Å². The number of sulfonamides is 1. The molecule has 0 amide bonds. The Morgan fingerprint density at radius 1 is 1.08 bits per heavy atom. The van der Waals surface area contributed by atoms with E-state index in [9.17, 15) is 8.42 Å². The highest BCUT2D eigenvalue weighted by molar-refractivity contribution is 7.89. The van der Waals surface area contributed by atoms with Crippen LogP contribution in [0.4, 0.5) is 5.69 Å². The van der Waals surface area contributed by atoms with Crippen LogP contribution in [0.5, 0.6) is 0 Å². The van der Waals surface area contributed by atoms with Crippen LogP contribution in [-0.4, -0.2) is 45.3 Å². The lowest BCUT2D eigenvalue weighted by Gasteiger charge is -2.30. The normalized spacial score (nSPS) is 13.4. The van der Waals surface area contributed by atoms with E-state index in [0.717, 1.165) is 5.56 Å². The zero-order chi connectivity index (χ0) is 17.9. The van der Waals surface area contributed by atoms with E-state index >= 15 is 0 Å². The summed E-state index contributed by atoms with van der Waals surface area (Å²) < 4.78 is 27.4. The predicted octanol–water partition coefficient (Wildman–Crippen LogP) is 2.85. The molecule has 0 spiro atoms. The third kappa shape index (κ3) is 4.08. The van der Waals surface area contributed by atoms with Gasteiger partial charge in [0.2, 0.25) is 10.0 Å². The molecule has 0 aliphatic rings. The molecule has 0 saturated heterocycles. The Kier molecular flexibility index (Phi) is 5.87. The Morgan fingerprint density at radius 2 is 1.71 bits per heavy atom. The van der Waals surface area contributed by atoms with Crippen LogP contribution in [0.1, 0.15) is 11.6 Å². The molecule has 7 heteroatoms. The summed E-state index contributed by atoms with van der Waals surface area (Å²) in [5, 5.41) is 0.338. The van der Waals surface area contributed by atoms with E-state index in [-0.39, 0.29) is 16.6 Å². The molecule has 1 unspecified atom stereocenters. The highest BCUT2D eigenvalue weighted by Gasteiger charge is 2.29. The minimum Gasteiger partial charge on any atom is -0.397 e. The van der Waals surface area contributed by atoms with E-state index in [0.29, 0.717) is 11.6 Å². The summed E-state index contributed by atoms with van der Waals surface area (Å²) >= 11 is 5.90. The van der Waals surface area contributed by atoms with Crippen molar-refractivity contribution in [2.45, 2.75) is 10.9 Å². The fourth-order valence-corrected chi connectivity index (χ4v) is 3.96. The molecule has 2 aromatic rings. The summed E-state index contributed by atoms with van der Waals surface area (Å²) in [6.07, 6.45) is 0. The van der Waals surface area contributed by atoms with Gasteiger partial charge in [0.15, 0.2) is 0 Å². The number of likely N-dealkylation sites (N-methyl/N-ethyl adjacent to an activating group) is 2. The molecule has 0 heterocycles. The van der Waals surface area contributed by atoms with Crippen LogP contribution in [0.15, 0.2) is 53.4 Å². The fraction of sp³-hybridized carbons (Fsp3) is 0.294. The molecular weight excluding hydrogens is 346 g/mol. The maximum Gasteiger partial charge on any atom is 0.243 e. The van der Waals surface area contributed by atoms with Crippen LogP contribution < -0.4 is 5.73 Å². The molecule has 5 nitrogen and oxygen atoms in total. The zero-order valence-electron chi connectivity index (χ0n) is 14.0. The molecule has 0 aromatic heterocycles. The largest absolute Gasteiger partial charge is 0.397 e. The molecule has 0 radical (unpaired) electrons. The third-order valence-electron chi connectivity index (χ3n) is 3.81. The molecule has 0 fully saturated rings. The van der Waals surface area contributed by atoms with E-state index in [1.807, 2.05) is 49.3 Å². The van der Waals surface area contributed by atoms with Crippen LogP contribution in [-0.2, 0) is 10.0 Å². The number of nitrogen functional groups attached to an aromatic ring is 1. The number of rotatable bonds is 6. The number of anilines is 1. The molecule has 0 saturated carbocycles. The number of hydrogen-bond donors (Lipinski definition) is 1. The number of halogens is 1. The summed E-state index contributed by atoms with van der Waals surface area (Å²) in [6, 6.07) is 13.6. The standard InChI is InChI=1S/C17H22ClN3O2S/c1-20(2)12-17(13-7-5-4-6-8-13)21(3)24(22,23)14-9-10-15(18)16(19)11-14/h4-11,17H,12,19H2,1-3H3. The van der Waals surface area contributed by atoms with E-state index in [2.05, 4.69) is 0 Å². The van der Waals surface area contributed by atoms with Crippen LogP contribution in [0.2, 0.25) is 5.02 Å². The zero-order valence-corrected chi connectivity index (χ0v) is 15.6. The first-order valence-corrected chi connectivity index (χ1v) is 9.28. The lowest BCUT2D eigenvalue weighted by Crippen LogP contribution is -2.37. The van der Waals surface area contributed by atoms with Crippen molar-refractivity contribution in [1.82, 2.24) is 9.21 Å².